The van der Waals surface area contributed by atoms with Gasteiger partial charge in [0.15, 0.2) is 0 Å². The van der Waals surface area contributed by atoms with Crippen LogP contribution in [0.1, 0.15) is 66.2 Å². The molecule has 1 atom stereocenters. The van der Waals surface area contributed by atoms with Crippen LogP contribution in [0.3, 0.4) is 0 Å². The summed E-state index contributed by atoms with van der Waals surface area (Å²) in [6, 6.07) is 0.699. The van der Waals surface area contributed by atoms with E-state index in [0.29, 0.717) is 11.5 Å². The molecule has 1 rings (SSSR count). The number of rotatable bonds is 8. The summed E-state index contributed by atoms with van der Waals surface area (Å²) in [4.78, 5) is 2.66. The summed E-state index contributed by atoms with van der Waals surface area (Å²) < 4.78 is 0. The van der Waals surface area contributed by atoms with Crippen molar-refractivity contribution in [2.24, 2.45) is 5.41 Å². The van der Waals surface area contributed by atoms with Gasteiger partial charge < -0.3 is 10.2 Å². The molecule has 18 heavy (non-hydrogen) atoms. The van der Waals surface area contributed by atoms with Crippen LogP contribution in [0.2, 0.25) is 0 Å². The molecule has 0 radical (unpaired) electrons. The molecule has 108 valence electrons. The Hall–Kier alpha value is -0.0800. The molecule has 0 saturated carbocycles. The van der Waals surface area contributed by atoms with Crippen LogP contribution >= 0.6 is 0 Å². The number of likely N-dealkylation sites (tertiary alicyclic amines) is 1. The predicted octanol–water partition coefficient (Wildman–Crippen LogP) is 3.67. The third-order valence-electron chi connectivity index (χ3n) is 4.31. The zero-order chi connectivity index (χ0) is 13.4. The van der Waals surface area contributed by atoms with Crippen LogP contribution in [0.4, 0.5) is 0 Å². The third-order valence-corrected chi connectivity index (χ3v) is 4.31. The Morgan fingerprint density at radius 2 is 1.83 bits per heavy atom. The topological polar surface area (TPSA) is 15.3 Å². The standard InChI is InChI=1S/C16H34N2/c1-5-11-17-15(2)8-6-7-12-18-13-9-16(3,4)10-14-18/h15,17H,5-14H2,1-4H3. The maximum Gasteiger partial charge on any atom is 0.00387 e. The van der Waals surface area contributed by atoms with Crippen molar-refractivity contribution >= 4 is 0 Å². The summed E-state index contributed by atoms with van der Waals surface area (Å²) in [5, 5.41) is 3.57. The van der Waals surface area contributed by atoms with E-state index in [-0.39, 0.29) is 0 Å². The Bertz CT molecular complexity index is 203. The van der Waals surface area contributed by atoms with Gasteiger partial charge in [-0.3, -0.25) is 0 Å². The molecule has 0 aromatic heterocycles. The van der Waals surface area contributed by atoms with Crippen LogP contribution in [0.5, 0.6) is 0 Å². The molecule has 0 aromatic rings. The molecular formula is C16H34N2. The molecule has 0 aromatic carbocycles. The normalized spacial score (nSPS) is 22.0. The Kier molecular flexibility index (Phi) is 7.25. The lowest BCUT2D eigenvalue weighted by molar-refractivity contribution is 0.130. The fraction of sp³-hybridized carbons (Fsp3) is 1.00. The van der Waals surface area contributed by atoms with Gasteiger partial charge in [-0.1, -0.05) is 27.2 Å². The van der Waals surface area contributed by atoms with Crippen molar-refractivity contribution in [3.8, 4) is 0 Å². The van der Waals surface area contributed by atoms with Crippen molar-refractivity contribution in [2.75, 3.05) is 26.2 Å². The van der Waals surface area contributed by atoms with Crippen molar-refractivity contribution < 1.29 is 0 Å². The van der Waals surface area contributed by atoms with Gasteiger partial charge in [-0.25, -0.2) is 0 Å². The van der Waals surface area contributed by atoms with Crippen molar-refractivity contribution in [3.63, 3.8) is 0 Å². The minimum atomic E-state index is 0.592. The number of hydrogen-bond acceptors (Lipinski definition) is 2. The monoisotopic (exact) mass is 254 g/mol. The lowest BCUT2D eigenvalue weighted by Crippen LogP contribution is -2.37. The number of piperidine rings is 1. The second kappa shape index (κ2) is 8.16. The number of unbranched alkanes of at least 4 members (excludes halogenated alkanes) is 1. The molecule has 1 unspecified atom stereocenters. The van der Waals surface area contributed by atoms with Gasteiger partial charge in [0.05, 0.1) is 0 Å². The van der Waals surface area contributed by atoms with E-state index in [1.165, 1.54) is 64.7 Å². The van der Waals surface area contributed by atoms with Crippen LogP contribution < -0.4 is 5.32 Å². The van der Waals surface area contributed by atoms with E-state index >= 15 is 0 Å². The average molecular weight is 254 g/mol. The van der Waals surface area contributed by atoms with Gasteiger partial charge in [0, 0.05) is 6.04 Å². The molecule has 0 bridgehead atoms. The second-order valence-corrected chi connectivity index (χ2v) is 6.86. The van der Waals surface area contributed by atoms with Crippen molar-refractivity contribution in [1.29, 1.82) is 0 Å². The molecule has 1 heterocycles. The van der Waals surface area contributed by atoms with Crippen molar-refractivity contribution in [1.82, 2.24) is 10.2 Å². The van der Waals surface area contributed by atoms with Crippen LogP contribution in [0.15, 0.2) is 0 Å². The molecule has 0 spiro atoms. The van der Waals surface area contributed by atoms with Crippen molar-refractivity contribution in [2.45, 2.75) is 72.3 Å². The molecule has 2 heteroatoms. The Balaban J connectivity index is 1.98. The van der Waals surface area contributed by atoms with Crippen LogP contribution in [0.25, 0.3) is 0 Å². The Morgan fingerprint density at radius 3 is 2.44 bits per heavy atom. The molecule has 0 aliphatic carbocycles. The first-order valence-corrected chi connectivity index (χ1v) is 7.99. The maximum atomic E-state index is 3.57. The summed E-state index contributed by atoms with van der Waals surface area (Å²) in [6.07, 6.45) is 8.08. The van der Waals surface area contributed by atoms with Gasteiger partial charge in [-0.05, 0) is 70.6 Å². The Morgan fingerprint density at radius 1 is 1.17 bits per heavy atom. The molecular weight excluding hydrogens is 220 g/mol. The largest absolute Gasteiger partial charge is 0.314 e. The highest BCUT2D eigenvalue weighted by atomic mass is 15.1. The SMILES string of the molecule is CCCNC(C)CCCCN1CCC(C)(C)CC1. The first kappa shape index (κ1) is 16.0. The minimum Gasteiger partial charge on any atom is -0.314 e. The first-order chi connectivity index (χ1) is 8.53. The zero-order valence-corrected chi connectivity index (χ0v) is 13.1. The highest BCUT2D eigenvalue weighted by molar-refractivity contribution is 4.78. The molecule has 1 aliphatic rings. The Labute approximate surface area is 115 Å². The molecule has 1 saturated heterocycles. The van der Waals surface area contributed by atoms with E-state index < -0.39 is 0 Å². The van der Waals surface area contributed by atoms with Gasteiger partial charge in [0.1, 0.15) is 0 Å². The lowest BCUT2D eigenvalue weighted by Gasteiger charge is -2.36. The van der Waals surface area contributed by atoms with Gasteiger partial charge >= 0.3 is 0 Å². The quantitative estimate of drug-likeness (QED) is 0.665. The molecule has 1 fully saturated rings. The number of hydrogen-bond donors (Lipinski definition) is 1. The number of nitrogens with zero attached hydrogens (tertiary/aromatic N) is 1. The highest BCUT2D eigenvalue weighted by Gasteiger charge is 2.24. The average Bonchev–Trinajstić information content (AvgIpc) is 2.34. The molecule has 1 aliphatic heterocycles. The van der Waals surface area contributed by atoms with E-state index in [2.05, 4.69) is 37.9 Å². The first-order valence-electron chi connectivity index (χ1n) is 7.99. The van der Waals surface area contributed by atoms with Crippen LogP contribution in [0, 0.1) is 5.41 Å². The minimum absolute atomic E-state index is 0.592. The van der Waals surface area contributed by atoms with E-state index in [9.17, 15) is 0 Å². The summed E-state index contributed by atoms with van der Waals surface area (Å²) in [7, 11) is 0. The summed E-state index contributed by atoms with van der Waals surface area (Å²) in [5.41, 5.74) is 0.592. The lowest BCUT2D eigenvalue weighted by atomic mass is 9.82. The fourth-order valence-electron chi connectivity index (χ4n) is 2.66. The van der Waals surface area contributed by atoms with Crippen LogP contribution in [-0.2, 0) is 0 Å². The summed E-state index contributed by atoms with van der Waals surface area (Å²) in [6.45, 7) is 14.5. The van der Waals surface area contributed by atoms with Gasteiger partial charge in [-0.2, -0.15) is 0 Å². The maximum absolute atomic E-state index is 3.57. The van der Waals surface area contributed by atoms with E-state index in [4.69, 9.17) is 0 Å². The fourth-order valence-corrected chi connectivity index (χ4v) is 2.66. The third kappa shape index (κ3) is 6.75. The summed E-state index contributed by atoms with van der Waals surface area (Å²) in [5.74, 6) is 0. The highest BCUT2D eigenvalue weighted by Crippen LogP contribution is 2.29. The predicted molar refractivity (Wildman–Crippen MR) is 81.1 cm³/mol. The van der Waals surface area contributed by atoms with Gasteiger partial charge in [-0.15, -0.1) is 0 Å². The van der Waals surface area contributed by atoms with Crippen LogP contribution in [-0.4, -0.2) is 37.1 Å². The van der Waals surface area contributed by atoms with E-state index in [1.807, 2.05) is 0 Å². The molecule has 0 amide bonds. The van der Waals surface area contributed by atoms with E-state index in [1.54, 1.807) is 0 Å². The summed E-state index contributed by atoms with van der Waals surface area (Å²) >= 11 is 0. The van der Waals surface area contributed by atoms with Gasteiger partial charge in [0.25, 0.3) is 0 Å². The molecule has 1 N–H and O–H groups in total. The van der Waals surface area contributed by atoms with E-state index in [0.717, 1.165) is 0 Å². The second-order valence-electron chi connectivity index (χ2n) is 6.86. The van der Waals surface area contributed by atoms with Crippen molar-refractivity contribution in [3.05, 3.63) is 0 Å². The van der Waals surface area contributed by atoms with Gasteiger partial charge in [0.2, 0.25) is 0 Å². The number of nitrogens with one attached hydrogen (secondary N) is 1. The zero-order valence-electron chi connectivity index (χ0n) is 13.1. The smallest absolute Gasteiger partial charge is 0.00387 e. The molecule has 2 nitrogen and oxygen atoms in total.